The predicted molar refractivity (Wildman–Crippen MR) is 46.6 cm³/mol. The summed E-state index contributed by atoms with van der Waals surface area (Å²) in [5, 5.41) is 8.53. The molecule has 10 heavy (non-hydrogen) atoms. The summed E-state index contributed by atoms with van der Waals surface area (Å²) in [6, 6.07) is 0.277. The van der Waals surface area contributed by atoms with E-state index in [4.69, 9.17) is 5.11 Å². The summed E-state index contributed by atoms with van der Waals surface area (Å²) >= 11 is 2.35. The predicted octanol–water partition coefficient (Wildman–Crippen LogP) is 1.56. The van der Waals surface area contributed by atoms with Gasteiger partial charge in [0.1, 0.15) is 0 Å². The molecule has 1 aliphatic rings. The summed E-state index contributed by atoms with van der Waals surface area (Å²) in [4.78, 5) is 11.8. The monoisotopic (exact) mass is 255 g/mol. The van der Waals surface area contributed by atoms with E-state index in [9.17, 15) is 4.79 Å². The van der Waals surface area contributed by atoms with Crippen LogP contribution in [0.15, 0.2) is 0 Å². The molecule has 0 aromatic heterocycles. The SMILES string of the molecule is CN(C(=O)O)C1CC(I)C1. The van der Waals surface area contributed by atoms with Crippen LogP contribution in [-0.2, 0) is 0 Å². The maximum Gasteiger partial charge on any atom is 0.407 e. The molecule has 1 saturated carbocycles. The third kappa shape index (κ3) is 1.53. The van der Waals surface area contributed by atoms with Crippen LogP contribution in [0.2, 0.25) is 0 Å². The second kappa shape index (κ2) is 2.94. The fourth-order valence-corrected chi connectivity index (χ4v) is 2.17. The van der Waals surface area contributed by atoms with Crippen molar-refractivity contribution in [2.45, 2.75) is 22.8 Å². The molecule has 0 heterocycles. The van der Waals surface area contributed by atoms with Gasteiger partial charge in [0.05, 0.1) is 0 Å². The van der Waals surface area contributed by atoms with E-state index in [0.717, 1.165) is 12.8 Å². The number of alkyl halides is 1. The van der Waals surface area contributed by atoms with E-state index in [1.54, 1.807) is 7.05 Å². The normalized spacial score (nSPS) is 31.0. The minimum Gasteiger partial charge on any atom is -0.465 e. The molecule has 1 fully saturated rings. The van der Waals surface area contributed by atoms with Crippen molar-refractivity contribution in [2.24, 2.45) is 0 Å². The number of carbonyl (C=O) groups is 1. The summed E-state index contributed by atoms with van der Waals surface area (Å²) in [7, 11) is 1.63. The highest BCUT2D eigenvalue weighted by Gasteiger charge is 2.32. The lowest BCUT2D eigenvalue weighted by Crippen LogP contribution is -2.45. The van der Waals surface area contributed by atoms with Crippen LogP contribution >= 0.6 is 22.6 Å². The zero-order valence-electron chi connectivity index (χ0n) is 5.75. The van der Waals surface area contributed by atoms with Gasteiger partial charge in [-0.2, -0.15) is 0 Å². The number of halogens is 1. The van der Waals surface area contributed by atoms with Gasteiger partial charge in [0.25, 0.3) is 0 Å². The molecule has 4 heteroatoms. The molecule has 1 amide bonds. The number of nitrogens with zero attached hydrogens (tertiary/aromatic N) is 1. The Morgan fingerprint density at radius 2 is 2.20 bits per heavy atom. The molecule has 0 aliphatic heterocycles. The van der Waals surface area contributed by atoms with E-state index in [-0.39, 0.29) is 6.04 Å². The van der Waals surface area contributed by atoms with Gasteiger partial charge in [0.2, 0.25) is 0 Å². The molecule has 1 N–H and O–H groups in total. The lowest BCUT2D eigenvalue weighted by atomic mass is 9.92. The van der Waals surface area contributed by atoms with Gasteiger partial charge in [0, 0.05) is 17.0 Å². The Hall–Kier alpha value is 0. The van der Waals surface area contributed by atoms with E-state index in [1.165, 1.54) is 4.90 Å². The van der Waals surface area contributed by atoms with Crippen LogP contribution < -0.4 is 0 Å². The highest BCUT2D eigenvalue weighted by molar-refractivity contribution is 14.1. The molecule has 0 aromatic rings. The Kier molecular flexibility index (Phi) is 2.38. The van der Waals surface area contributed by atoms with Crippen molar-refractivity contribution in [1.29, 1.82) is 0 Å². The molecule has 0 saturated heterocycles. The van der Waals surface area contributed by atoms with Crippen molar-refractivity contribution >= 4 is 28.7 Å². The fourth-order valence-electron chi connectivity index (χ4n) is 0.994. The average Bonchev–Trinajstić information content (AvgIpc) is 1.79. The topological polar surface area (TPSA) is 40.5 Å². The Balaban J connectivity index is 2.31. The summed E-state index contributed by atoms with van der Waals surface area (Å²) in [6.07, 6.45) is 1.22. The highest BCUT2D eigenvalue weighted by atomic mass is 127. The standard InChI is InChI=1S/C6H10INO2/c1-8(6(9)10)5-2-4(7)3-5/h4-5H,2-3H2,1H3,(H,9,10). The van der Waals surface area contributed by atoms with Crippen molar-refractivity contribution < 1.29 is 9.90 Å². The maximum atomic E-state index is 10.4. The van der Waals surface area contributed by atoms with Gasteiger partial charge in [-0.1, -0.05) is 22.6 Å². The van der Waals surface area contributed by atoms with Crippen LogP contribution in [0, 0.1) is 0 Å². The van der Waals surface area contributed by atoms with Crippen molar-refractivity contribution in [3.05, 3.63) is 0 Å². The minimum atomic E-state index is -0.812. The summed E-state index contributed by atoms with van der Waals surface area (Å²) in [5.74, 6) is 0. The Bertz CT molecular complexity index is 145. The first-order chi connectivity index (χ1) is 4.61. The Morgan fingerprint density at radius 3 is 2.50 bits per heavy atom. The lowest BCUT2D eigenvalue weighted by Gasteiger charge is -2.36. The van der Waals surface area contributed by atoms with E-state index in [0.29, 0.717) is 3.92 Å². The second-order valence-corrected chi connectivity index (χ2v) is 4.38. The zero-order chi connectivity index (χ0) is 7.72. The number of hydrogen-bond acceptors (Lipinski definition) is 1. The molecule has 0 atom stereocenters. The number of amides is 1. The fraction of sp³-hybridized carbons (Fsp3) is 0.833. The first-order valence-corrected chi connectivity index (χ1v) is 4.45. The molecule has 0 radical (unpaired) electrons. The van der Waals surface area contributed by atoms with Crippen molar-refractivity contribution in [2.75, 3.05) is 7.05 Å². The minimum absolute atomic E-state index is 0.277. The van der Waals surface area contributed by atoms with Crippen LogP contribution in [0.1, 0.15) is 12.8 Å². The van der Waals surface area contributed by atoms with Gasteiger partial charge in [-0.25, -0.2) is 4.79 Å². The third-order valence-corrected chi connectivity index (χ3v) is 2.92. The van der Waals surface area contributed by atoms with Crippen molar-refractivity contribution in [3.8, 4) is 0 Å². The number of hydrogen-bond donors (Lipinski definition) is 1. The molecular formula is C6H10INO2. The Morgan fingerprint density at radius 1 is 1.70 bits per heavy atom. The van der Waals surface area contributed by atoms with E-state index in [2.05, 4.69) is 22.6 Å². The lowest BCUT2D eigenvalue weighted by molar-refractivity contribution is 0.118. The van der Waals surface area contributed by atoms with Crippen molar-refractivity contribution in [1.82, 2.24) is 4.90 Å². The number of rotatable bonds is 1. The summed E-state index contributed by atoms with van der Waals surface area (Å²) in [6.45, 7) is 0. The molecule has 58 valence electrons. The third-order valence-electron chi connectivity index (χ3n) is 1.91. The van der Waals surface area contributed by atoms with E-state index >= 15 is 0 Å². The molecule has 3 nitrogen and oxygen atoms in total. The van der Waals surface area contributed by atoms with Crippen LogP contribution in [0.4, 0.5) is 4.79 Å². The maximum absolute atomic E-state index is 10.4. The van der Waals surface area contributed by atoms with Gasteiger partial charge in [-0.3, -0.25) is 0 Å². The molecule has 0 bridgehead atoms. The van der Waals surface area contributed by atoms with Gasteiger partial charge in [-0.05, 0) is 12.8 Å². The first-order valence-electron chi connectivity index (χ1n) is 3.21. The summed E-state index contributed by atoms with van der Waals surface area (Å²) in [5.41, 5.74) is 0. The van der Waals surface area contributed by atoms with Crippen molar-refractivity contribution in [3.63, 3.8) is 0 Å². The van der Waals surface area contributed by atoms with E-state index in [1.807, 2.05) is 0 Å². The quantitative estimate of drug-likeness (QED) is 0.570. The van der Waals surface area contributed by atoms with E-state index < -0.39 is 6.09 Å². The van der Waals surface area contributed by atoms with Crippen LogP contribution in [0.25, 0.3) is 0 Å². The molecule has 1 aliphatic carbocycles. The highest BCUT2D eigenvalue weighted by Crippen LogP contribution is 2.30. The summed E-state index contributed by atoms with van der Waals surface area (Å²) < 4.78 is 0.685. The molecule has 1 rings (SSSR count). The van der Waals surface area contributed by atoms with Gasteiger partial charge in [0.15, 0.2) is 0 Å². The number of carboxylic acid groups (broad SMARTS) is 1. The van der Waals surface area contributed by atoms with Crippen LogP contribution in [0.5, 0.6) is 0 Å². The molecule has 0 spiro atoms. The molecule has 0 aromatic carbocycles. The Labute approximate surface area is 73.5 Å². The molecular weight excluding hydrogens is 245 g/mol. The van der Waals surface area contributed by atoms with Gasteiger partial charge >= 0.3 is 6.09 Å². The van der Waals surface area contributed by atoms with Gasteiger partial charge < -0.3 is 10.0 Å². The molecule has 0 unspecified atom stereocenters. The average molecular weight is 255 g/mol. The van der Waals surface area contributed by atoms with Crippen LogP contribution in [-0.4, -0.2) is 33.1 Å². The first kappa shape index (κ1) is 8.10. The smallest absolute Gasteiger partial charge is 0.407 e. The second-order valence-electron chi connectivity index (χ2n) is 2.62. The van der Waals surface area contributed by atoms with Gasteiger partial charge in [-0.15, -0.1) is 0 Å². The van der Waals surface area contributed by atoms with Crippen LogP contribution in [0.3, 0.4) is 0 Å². The zero-order valence-corrected chi connectivity index (χ0v) is 7.91. The largest absolute Gasteiger partial charge is 0.465 e.